The van der Waals surface area contributed by atoms with Crippen LogP contribution in [0.1, 0.15) is 245 Å². The van der Waals surface area contributed by atoms with Crippen LogP contribution in [0, 0.1) is 0 Å². The van der Waals surface area contributed by atoms with E-state index >= 15 is 0 Å². The summed E-state index contributed by atoms with van der Waals surface area (Å²) in [6.45, 7) is 6.65. The zero-order chi connectivity index (χ0) is 55.7. The van der Waals surface area contributed by atoms with Crippen molar-refractivity contribution >= 4 is 19.7 Å². The number of unbranched alkanes of at least 4 members (excludes halogenated alkanes) is 23. The fraction of sp³-hybridized carbons (Fsp3) is 0.697. The van der Waals surface area contributed by atoms with Crippen molar-refractivity contribution in [2.75, 3.05) is 40.9 Å². The van der Waals surface area contributed by atoms with Gasteiger partial charge in [-0.1, -0.05) is 233 Å². The van der Waals surface area contributed by atoms with Gasteiger partial charge in [0, 0.05) is 12.8 Å². The first-order chi connectivity index (χ1) is 36.9. The molecule has 0 aromatic carbocycles. The molecule has 9 nitrogen and oxygen atoms in total. The zero-order valence-corrected chi connectivity index (χ0v) is 50.6. The quantitative estimate of drug-likeness (QED) is 0.0161. The molecule has 0 heterocycles. The summed E-state index contributed by atoms with van der Waals surface area (Å²) in [7, 11) is 1.14. The molecule has 10 heteroatoms. The van der Waals surface area contributed by atoms with Crippen LogP contribution < -0.4 is 10.2 Å². The standard InChI is InChI=1S/C66H115N2O7P/c1-7-10-13-16-19-22-25-28-30-31-32-33-34-35-36-37-39-40-43-46-49-52-55-58-65(69)67-63(62-74-76(71,72)73-61-60-68(4,5)6)64(57-54-51-48-45-42-27-24-21-18-15-12-9-3)75-66(70)59-56-53-50-47-44-41-38-29-26-23-20-17-14-11-8-2/h10,13,19-20,22-23,26,28-30,32-33,35-36,39-40,54,57,63-64H,7-9,11-12,14-18,21,24-25,27,31,34,37-38,41-53,55-56,58-62H2,1-6H3,(H-,67,69,71,72)/b13-10-,22-19-,23-20+,29-26+,30-28-,33-32-,36-35-,40-39-,57-54-. The van der Waals surface area contributed by atoms with E-state index < -0.39 is 26.6 Å². The number of nitrogens with zero attached hydrogens (tertiary/aromatic N) is 1. The van der Waals surface area contributed by atoms with E-state index in [0.29, 0.717) is 23.9 Å². The van der Waals surface area contributed by atoms with E-state index in [1.807, 2.05) is 33.3 Å². The SMILES string of the molecule is CC/C=C\C/C=C\C/C=C\C/C=C\C/C=C\C/C=C\CCCCCCC(=O)NC(COP(=O)([O-])OCC[N+](C)(C)C)C(/C=C\CCCCCCCCCCCC)OC(=O)CCCCCCCC/C=C/C=C/CCCCC. The van der Waals surface area contributed by atoms with Gasteiger partial charge in [-0.2, -0.15) is 0 Å². The van der Waals surface area contributed by atoms with Gasteiger partial charge in [0.25, 0.3) is 7.82 Å². The number of phosphoric ester groups is 1. The Bertz CT molecular complexity index is 1670. The second kappa shape index (κ2) is 55.0. The maximum Gasteiger partial charge on any atom is 0.306 e. The molecular weight excluding hydrogens is 964 g/mol. The number of carbonyl (C=O) groups excluding carboxylic acids is 2. The second-order valence-electron chi connectivity index (χ2n) is 21.5. The predicted molar refractivity (Wildman–Crippen MR) is 325 cm³/mol. The van der Waals surface area contributed by atoms with E-state index in [9.17, 15) is 19.0 Å². The average molecular weight is 1080 g/mol. The van der Waals surface area contributed by atoms with Crippen LogP contribution in [0.25, 0.3) is 0 Å². The summed E-state index contributed by atoms with van der Waals surface area (Å²) in [6.07, 6.45) is 74.8. The number of nitrogens with one attached hydrogen (secondary N) is 1. The number of quaternary nitrogens is 1. The van der Waals surface area contributed by atoms with Crippen molar-refractivity contribution < 1.29 is 37.3 Å². The maximum absolute atomic E-state index is 13.5. The summed E-state index contributed by atoms with van der Waals surface area (Å²) in [6, 6.07) is -0.914. The fourth-order valence-corrected chi connectivity index (χ4v) is 8.94. The fourth-order valence-electron chi connectivity index (χ4n) is 8.22. The molecule has 0 saturated heterocycles. The van der Waals surface area contributed by atoms with Crippen LogP contribution in [0.4, 0.5) is 0 Å². The molecule has 0 aliphatic carbocycles. The van der Waals surface area contributed by atoms with Gasteiger partial charge in [0.15, 0.2) is 0 Å². The minimum atomic E-state index is -4.71. The van der Waals surface area contributed by atoms with Gasteiger partial charge >= 0.3 is 5.97 Å². The molecule has 1 N–H and O–H groups in total. The number of rotatable bonds is 54. The Morgan fingerprint density at radius 3 is 1.37 bits per heavy atom. The minimum Gasteiger partial charge on any atom is -0.756 e. The van der Waals surface area contributed by atoms with Crippen molar-refractivity contribution in [3.8, 4) is 0 Å². The highest BCUT2D eigenvalue weighted by molar-refractivity contribution is 7.45. The minimum absolute atomic E-state index is 0.0352. The van der Waals surface area contributed by atoms with Gasteiger partial charge in [0.05, 0.1) is 33.8 Å². The predicted octanol–water partition coefficient (Wildman–Crippen LogP) is 18.3. The van der Waals surface area contributed by atoms with Crippen LogP contribution >= 0.6 is 7.82 Å². The third-order valence-electron chi connectivity index (χ3n) is 13.0. The summed E-state index contributed by atoms with van der Waals surface area (Å²) in [5.74, 6) is -0.590. The van der Waals surface area contributed by atoms with E-state index in [1.165, 1.54) is 70.6 Å². The van der Waals surface area contributed by atoms with E-state index in [4.69, 9.17) is 13.8 Å². The topological polar surface area (TPSA) is 114 Å². The molecule has 1 amide bonds. The molecule has 0 radical (unpaired) electrons. The molecule has 3 unspecified atom stereocenters. The van der Waals surface area contributed by atoms with E-state index in [0.717, 1.165) is 128 Å². The largest absolute Gasteiger partial charge is 0.756 e. The summed E-state index contributed by atoms with van der Waals surface area (Å²) >= 11 is 0. The molecule has 0 aliphatic heterocycles. The van der Waals surface area contributed by atoms with Gasteiger partial charge in [-0.25, -0.2) is 0 Å². The molecule has 0 spiro atoms. The van der Waals surface area contributed by atoms with Crippen molar-refractivity contribution in [2.24, 2.45) is 0 Å². The molecule has 0 rings (SSSR count). The lowest BCUT2D eigenvalue weighted by Crippen LogP contribution is -2.47. The lowest BCUT2D eigenvalue weighted by molar-refractivity contribution is -0.870. The number of carbonyl (C=O) groups is 2. The average Bonchev–Trinajstić information content (AvgIpc) is 3.38. The number of ether oxygens (including phenoxy) is 1. The first kappa shape index (κ1) is 72.7. The third-order valence-corrected chi connectivity index (χ3v) is 13.9. The highest BCUT2D eigenvalue weighted by Gasteiger charge is 2.27. The highest BCUT2D eigenvalue weighted by atomic mass is 31.2. The van der Waals surface area contributed by atoms with Gasteiger partial charge in [-0.05, 0) is 109 Å². The molecule has 0 saturated carbocycles. The Labute approximate surface area is 468 Å². The Hall–Kier alpha value is -3.33. The van der Waals surface area contributed by atoms with Crippen molar-refractivity contribution in [1.29, 1.82) is 0 Å². The first-order valence-corrected chi connectivity index (χ1v) is 32.2. The Morgan fingerprint density at radius 1 is 0.487 bits per heavy atom. The Morgan fingerprint density at radius 2 is 0.882 bits per heavy atom. The van der Waals surface area contributed by atoms with Crippen LogP contribution in [0.15, 0.2) is 109 Å². The molecule has 0 aromatic heterocycles. The van der Waals surface area contributed by atoms with Crippen molar-refractivity contribution in [1.82, 2.24) is 5.32 Å². The van der Waals surface area contributed by atoms with Gasteiger partial charge in [0.1, 0.15) is 19.3 Å². The van der Waals surface area contributed by atoms with Crippen molar-refractivity contribution in [3.63, 3.8) is 0 Å². The van der Waals surface area contributed by atoms with Crippen molar-refractivity contribution in [2.45, 2.75) is 258 Å². The van der Waals surface area contributed by atoms with Gasteiger partial charge in [0.2, 0.25) is 5.91 Å². The number of likely N-dealkylation sites (N-methyl/N-ethyl adjacent to an activating group) is 1. The van der Waals surface area contributed by atoms with Crippen LogP contribution in [-0.4, -0.2) is 69.4 Å². The maximum atomic E-state index is 13.5. The zero-order valence-electron chi connectivity index (χ0n) is 49.7. The number of phosphoric acid groups is 1. The van der Waals surface area contributed by atoms with E-state index in [1.54, 1.807) is 0 Å². The number of amides is 1. The van der Waals surface area contributed by atoms with Crippen LogP contribution in [0.5, 0.6) is 0 Å². The molecular formula is C66H115N2O7P. The van der Waals surface area contributed by atoms with Crippen LogP contribution in [0.2, 0.25) is 0 Å². The van der Waals surface area contributed by atoms with Gasteiger partial charge in [-0.3, -0.25) is 14.2 Å². The van der Waals surface area contributed by atoms with Crippen LogP contribution in [-0.2, 0) is 27.9 Å². The first-order valence-electron chi connectivity index (χ1n) is 30.7. The summed E-state index contributed by atoms with van der Waals surface area (Å²) in [4.78, 5) is 40.0. The summed E-state index contributed by atoms with van der Waals surface area (Å²) < 4.78 is 30.3. The molecule has 436 valence electrons. The molecule has 3 atom stereocenters. The number of hydrogen-bond donors (Lipinski definition) is 1. The van der Waals surface area contributed by atoms with Gasteiger partial charge < -0.3 is 28.5 Å². The molecule has 0 aliphatic rings. The summed E-state index contributed by atoms with van der Waals surface area (Å²) in [5, 5.41) is 3.01. The van der Waals surface area contributed by atoms with E-state index in [2.05, 4.69) is 123 Å². The van der Waals surface area contributed by atoms with E-state index in [-0.39, 0.29) is 31.3 Å². The lowest BCUT2D eigenvalue weighted by atomic mass is 10.0. The second-order valence-corrected chi connectivity index (χ2v) is 22.9. The monoisotopic (exact) mass is 1080 g/mol. The number of allylic oxidation sites excluding steroid dienone is 17. The van der Waals surface area contributed by atoms with Crippen molar-refractivity contribution in [3.05, 3.63) is 109 Å². The summed E-state index contributed by atoms with van der Waals surface area (Å²) in [5.41, 5.74) is 0. The molecule has 0 fully saturated rings. The smallest absolute Gasteiger partial charge is 0.306 e. The molecule has 76 heavy (non-hydrogen) atoms. The Balaban J connectivity index is 5.32. The normalized spacial score (nSPS) is 14.5. The highest BCUT2D eigenvalue weighted by Crippen LogP contribution is 2.38. The third kappa shape index (κ3) is 55.4. The molecule has 0 aromatic rings. The number of hydrogen-bond acceptors (Lipinski definition) is 7. The van der Waals surface area contributed by atoms with Crippen LogP contribution in [0.3, 0.4) is 0 Å². The lowest BCUT2D eigenvalue weighted by Gasteiger charge is -2.30. The number of esters is 1. The Kier molecular flexibility index (Phi) is 52.6. The molecule has 0 bridgehead atoms. The van der Waals surface area contributed by atoms with Gasteiger partial charge in [-0.15, -0.1) is 0 Å².